The van der Waals surface area contributed by atoms with Crippen molar-refractivity contribution in [2.24, 2.45) is 11.8 Å². The summed E-state index contributed by atoms with van der Waals surface area (Å²) in [6.45, 7) is 14.1. The Balaban J connectivity index is 2.16. The Kier molecular flexibility index (Phi) is 4.57. The summed E-state index contributed by atoms with van der Waals surface area (Å²) in [5.41, 5.74) is 5.41. The highest BCUT2D eigenvalue weighted by Crippen LogP contribution is 2.70. The molecule has 2 N–H and O–H groups in total. The Bertz CT molecular complexity index is 936. The molecular weight excluding hydrogens is 356 g/mol. The first-order valence-corrected chi connectivity index (χ1v) is 11.5. The molecule has 0 fully saturated rings. The standard InChI is InChI=1S/C27H36O2/c1-7-25(8-2)17(5)27(24-16-20(29)11-13-21(24)25)18(6)26(9-3,10-4)23-15-19(28)12-14-22(23)27/h11-18,28-29H,7-10H2,1-6H3. The Labute approximate surface area is 176 Å². The molecule has 1 spiro atoms. The van der Waals surface area contributed by atoms with E-state index in [9.17, 15) is 10.2 Å². The van der Waals surface area contributed by atoms with Crippen molar-refractivity contribution in [3.05, 3.63) is 58.7 Å². The van der Waals surface area contributed by atoms with Crippen molar-refractivity contribution in [1.29, 1.82) is 0 Å². The van der Waals surface area contributed by atoms with E-state index in [2.05, 4.69) is 53.7 Å². The van der Waals surface area contributed by atoms with Gasteiger partial charge in [-0.05, 0) is 94.9 Å². The zero-order chi connectivity index (χ0) is 21.2. The van der Waals surface area contributed by atoms with Crippen molar-refractivity contribution < 1.29 is 10.2 Å². The van der Waals surface area contributed by atoms with Gasteiger partial charge in [-0.2, -0.15) is 0 Å². The maximum absolute atomic E-state index is 10.5. The van der Waals surface area contributed by atoms with Gasteiger partial charge in [0.15, 0.2) is 0 Å². The average molecular weight is 393 g/mol. The Morgan fingerprint density at radius 3 is 1.52 bits per heavy atom. The van der Waals surface area contributed by atoms with Crippen LogP contribution >= 0.6 is 0 Å². The van der Waals surface area contributed by atoms with E-state index >= 15 is 0 Å². The van der Waals surface area contributed by atoms with Crippen molar-refractivity contribution in [2.75, 3.05) is 0 Å². The number of phenolic OH excluding ortho intramolecular Hbond substituents is 2. The number of aromatic hydroxyl groups is 2. The highest BCUT2D eigenvalue weighted by atomic mass is 16.3. The molecule has 2 aromatic carbocycles. The minimum absolute atomic E-state index is 0.0304. The zero-order valence-electron chi connectivity index (χ0n) is 18.8. The summed E-state index contributed by atoms with van der Waals surface area (Å²) < 4.78 is 0. The average Bonchev–Trinajstić information content (AvgIpc) is 3.07. The zero-order valence-corrected chi connectivity index (χ0v) is 18.8. The van der Waals surface area contributed by atoms with E-state index in [1.807, 2.05) is 24.3 Å². The van der Waals surface area contributed by atoms with Crippen molar-refractivity contribution in [3.63, 3.8) is 0 Å². The predicted octanol–water partition coefficient (Wildman–Crippen LogP) is 6.80. The van der Waals surface area contributed by atoms with Crippen LogP contribution in [0.2, 0.25) is 0 Å². The summed E-state index contributed by atoms with van der Waals surface area (Å²) in [6, 6.07) is 12.2. The van der Waals surface area contributed by atoms with E-state index in [1.54, 1.807) is 0 Å². The number of phenols is 2. The normalized spacial score (nSPS) is 28.5. The third kappa shape index (κ3) is 2.13. The van der Waals surface area contributed by atoms with Crippen molar-refractivity contribution in [3.8, 4) is 11.5 Å². The van der Waals surface area contributed by atoms with Gasteiger partial charge in [-0.25, -0.2) is 0 Å². The number of benzene rings is 2. The molecule has 2 aliphatic carbocycles. The SMILES string of the molecule is CCC1(CC)c2cc(O)ccc2C2(c3cc(O)ccc3C(CC)(CC)C2C)C1C. The van der Waals surface area contributed by atoms with E-state index in [0.29, 0.717) is 23.3 Å². The Morgan fingerprint density at radius 2 is 1.03 bits per heavy atom. The van der Waals surface area contributed by atoms with Crippen LogP contribution in [0.4, 0.5) is 0 Å². The minimum atomic E-state index is -0.144. The number of fused-ring (bicyclic) bond motifs is 4. The molecule has 0 amide bonds. The molecular formula is C27H36O2. The van der Waals surface area contributed by atoms with Gasteiger partial charge in [-0.1, -0.05) is 53.7 Å². The van der Waals surface area contributed by atoms with Gasteiger partial charge in [0.1, 0.15) is 11.5 Å². The number of hydrogen-bond acceptors (Lipinski definition) is 2. The van der Waals surface area contributed by atoms with Crippen LogP contribution in [-0.2, 0) is 16.2 Å². The second kappa shape index (κ2) is 6.52. The summed E-state index contributed by atoms with van der Waals surface area (Å²) >= 11 is 0. The lowest BCUT2D eigenvalue weighted by Gasteiger charge is -2.46. The smallest absolute Gasteiger partial charge is 0.115 e. The maximum Gasteiger partial charge on any atom is 0.115 e. The monoisotopic (exact) mass is 392 g/mol. The van der Waals surface area contributed by atoms with Crippen molar-refractivity contribution in [1.82, 2.24) is 0 Å². The number of hydrogen-bond donors (Lipinski definition) is 2. The quantitative estimate of drug-likeness (QED) is 0.601. The van der Waals surface area contributed by atoms with E-state index in [0.717, 1.165) is 25.7 Å². The second-order valence-corrected chi connectivity index (χ2v) is 9.50. The molecule has 0 aromatic heterocycles. The van der Waals surface area contributed by atoms with Gasteiger partial charge in [0.25, 0.3) is 0 Å². The van der Waals surface area contributed by atoms with E-state index in [1.165, 1.54) is 22.3 Å². The van der Waals surface area contributed by atoms with Gasteiger partial charge in [0, 0.05) is 5.41 Å². The van der Waals surface area contributed by atoms with Crippen LogP contribution in [0.1, 0.15) is 89.5 Å². The molecule has 0 saturated heterocycles. The van der Waals surface area contributed by atoms with E-state index < -0.39 is 0 Å². The predicted molar refractivity (Wildman–Crippen MR) is 120 cm³/mol. The van der Waals surface area contributed by atoms with Crippen molar-refractivity contribution in [2.45, 2.75) is 83.5 Å². The van der Waals surface area contributed by atoms with Crippen LogP contribution < -0.4 is 0 Å². The van der Waals surface area contributed by atoms with Crippen LogP contribution in [-0.4, -0.2) is 10.2 Å². The molecule has 3 atom stereocenters. The topological polar surface area (TPSA) is 40.5 Å². The van der Waals surface area contributed by atoms with E-state index in [-0.39, 0.29) is 16.2 Å². The molecule has 3 unspecified atom stereocenters. The summed E-state index contributed by atoms with van der Waals surface area (Å²) in [4.78, 5) is 0. The third-order valence-electron chi connectivity index (χ3n) is 9.52. The number of rotatable bonds is 4. The maximum atomic E-state index is 10.5. The fourth-order valence-electron chi connectivity index (χ4n) is 7.89. The molecule has 29 heavy (non-hydrogen) atoms. The third-order valence-corrected chi connectivity index (χ3v) is 9.52. The largest absolute Gasteiger partial charge is 0.508 e. The molecule has 2 aromatic rings. The highest BCUT2D eigenvalue weighted by molar-refractivity contribution is 5.64. The highest BCUT2D eigenvalue weighted by Gasteiger charge is 2.66. The Morgan fingerprint density at radius 1 is 0.621 bits per heavy atom. The minimum Gasteiger partial charge on any atom is -0.508 e. The molecule has 2 heteroatoms. The van der Waals surface area contributed by atoms with Crippen LogP contribution in [0.3, 0.4) is 0 Å². The van der Waals surface area contributed by atoms with Crippen LogP contribution in [0.15, 0.2) is 36.4 Å². The molecule has 0 heterocycles. The lowest BCUT2D eigenvalue weighted by molar-refractivity contribution is 0.129. The molecule has 2 nitrogen and oxygen atoms in total. The fraction of sp³-hybridized carbons (Fsp3) is 0.556. The van der Waals surface area contributed by atoms with Gasteiger partial charge < -0.3 is 10.2 Å². The van der Waals surface area contributed by atoms with Crippen LogP contribution in [0, 0.1) is 11.8 Å². The molecule has 0 aliphatic heterocycles. The Hall–Kier alpha value is -1.96. The second-order valence-electron chi connectivity index (χ2n) is 9.50. The van der Waals surface area contributed by atoms with Gasteiger partial charge in [0.05, 0.1) is 0 Å². The summed E-state index contributed by atoms with van der Waals surface area (Å²) in [5.74, 6) is 1.52. The first-order chi connectivity index (χ1) is 13.8. The van der Waals surface area contributed by atoms with Gasteiger partial charge in [0.2, 0.25) is 0 Å². The molecule has 0 radical (unpaired) electrons. The first-order valence-electron chi connectivity index (χ1n) is 11.5. The summed E-state index contributed by atoms with van der Waals surface area (Å²) in [7, 11) is 0. The van der Waals surface area contributed by atoms with Gasteiger partial charge >= 0.3 is 0 Å². The molecule has 156 valence electrons. The van der Waals surface area contributed by atoms with E-state index in [4.69, 9.17) is 0 Å². The molecule has 0 bridgehead atoms. The van der Waals surface area contributed by atoms with Crippen LogP contribution in [0.5, 0.6) is 11.5 Å². The van der Waals surface area contributed by atoms with Crippen molar-refractivity contribution >= 4 is 0 Å². The lowest BCUT2D eigenvalue weighted by atomic mass is 9.57. The van der Waals surface area contributed by atoms with Gasteiger partial charge in [-0.15, -0.1) is 0 Å². The summed E-state index contributed by atoms with van der Waals surface area (Å²) in [5, 5.41) is 20.9. The summed E-state index contributed by atoms with van der Waals surface area (Å²) in [6.07, 6.45) is 4.29. The van der Waals surface area contributed by atoms with Crippen LogP contribution in [0.25, 0.3) is 0 Å². The molecule has 4 rings (SSSR count). The lowest BCUT2D eigenvalue weighted by Crippen LogP contribution is -2.45. The fourth-order valence-corrected chi connectivity index (χ4v) is 7.89. The molecule has 0 saturated carbocycles. The molecule has 2 aliphatic rings. The van der Waals surface area contributed by atoms with Gasteiger partial charge in [-0.3, -0.25) is 0 Å². The first kappa shape index (κ1) is 20.3.